The van der Waals surface area contributed by atoms with Crippen molar-refractivity contribution in [2.45, 2.75) is 25.7 Å². The summed E-state index contributed by atoms with van der Waals surface area (Å²) in [5.41, 5.74) is 2.36. The third-order valence-corrected chi connectivity index (χ3v) is 5.67. The molecule has 0 radical (unpaired) electrons. The number of phenolic OH excluding ortho intramolecular Hbond substituents is 1. The topological polar surface area (TPSA) is 56.4 Å². The molecule has 0 saturated heterocycles. The van der Waals surface area contributed by atoms with Crippen LogP contribution in [0.2, 0.25) is 5.02 Å². The fourth-order valence-electron chi connectivity index (χ4n) is 2.57. The maximum atomic E-state index is 10.0. The zero-order chi connectivity index (χ0) is 15.7. The van der Waals surface area contributed by atoms with E-state index in [1.165, 1.54) is 11.3 Å². The van der Waals surface area contributed by atoms with E-state index < -0.39 is 0 Å². The second-order valence-electron chi connectivity index (χ2n) is 5.09. The van der Waals surface area contributed by atoms with E-state index in [0.717, 1.165) is 24.8 Å². The molecule has 0 saturated carbocycles. The monoisotopic (exact) mass is 394 g/mol. The average molecular weight is 396 g/mol. The maximum Gasteiger partial charge on any atom is 0.138 e. The summed E-state index contributed by atoms with van der Waals surface area (Å²) >= 11 is 10.8. The molecule has 0 aliphatic heterocycles. The van der Waals surface area contributed by atoms with E-state index in [2.05, 4.69) is 27.0 Å². The first kappa shape index (κ1) is 15.5. The highest BCUT2D eigenvalue weighted by atomic mass is 79.9. The van der Waals surface area contributed by atoms with Crippen molar-refractivity contribution in [3.8, 4) is 11.8 Å². The molecule has 1 aromatic heterocycles. The van der Waals surface area contributed by atoms with Gasteiger partial charge in [0.2, 0.25) is 0 Å². The molecule has 0 bridgehead atoms. The first-order valence-corrected chi connectivity index (χ1v) is 8.85. The predicted octanol–water partition coefficient (Wildman–Crippen LogP) is 5.37. The molecule has 0 fully saturated rings. The molecular formula is C16H12BrClN2OS. The molecule has 1 N–H and O–H groups in total. The van der Waals surface area contributed by atoms with Crippen LogP contribution in [0.3, 0.4) is 0 Å². The van der Waals surface area contributed by atoms with E-state index in [-0.39, 0.29) is 5.75 Å². The van der Waals surface area contributed by atoms with Crippen molar-refractivity contribution < 1.29 is 5.11 Å². The summed E-state index contributed by atoms with van der Waals surface area (Å²) in [4.78, 5) is 5.70. The second-order valence-corrected chi connectivity index (χ2v) is 7.46. The molecule has 22 heavy (non-hydrogen) atoms. The fraction of sp³-hybridized carbons (Fsp3) is 0.250. The van der Waals surface area contributed by atoms with Crippen LogP contribution >= 0.6 is 38.9 Å². The lowest BCUT2D eigenvalue weighted by atomic mass is 9.96. The molecule has 0 amide bonds. The van der Waals surface area contributed by atoms with E-state index in [1.807, 2.05) is 0 Å². The van der Waals surface area contributed by atoms with Crippen LogP contribution in [0.1, 0.15) is 34.4 Å². The minimum atomic E-state index is 0.0907. The predicted molar refractivity (Wildman–Crippen MR) is 93.7 cm³/mol. The van der Waals surface area contributed by atoms with Gasteiger partial charge in [0, 0.05) is 21.7 Å². The molecule has 2 aromatic rings. The van der Waals surface area contributed by atoms with Crippen LogP contribution in [-0.4, -0.2) is 11.3 Å². The Hall–Kier alpha value is -1.35. The summed E-state index contributed by atoms with van der Waals surface area (Å²) in [7, 11) is 0. The highest BCUT2D eigenvalue weighted by Crippen LogP contribution is 2.39. The van der Waals surface area contributed by atoms with E-state index in [9.17, 15) is 10.4 Å². The summed E-state index contributed by atoms with van der Waals surface area (Å²) in [5.74, 6) is 0.0907. The Morgan fingerprint density at radius 3 is 2.91 bits per heavy atom. The van der Waals surface area contributed by atoms with Crippen molar-refractivity contribution in [3.63, 3.8) is 0 Å². The number of aliphatic imine (C=N–C) groups is 1. The third-order valence-electron chi connectivity index (χ3n) is 3.64. The van der Waals surface area contributed by atoms with Gasteiger partial charge in [-0.05, 0) is 59.3 Å². The molecule has 0 spiro atoms. The number of phenols is 1. The van der Waals surface area contributed by atoms with Crippen molar-refractivity contribution in [1.29, 1.82) is 5.26 Å². The first-order chi connectivity index (χ1) is 10.6. The molecule has 0 unspecified atom stereocenters. The van der Waals surface area contributed by atoms with Gasteiger partial charge >= 0.3 is 0 Å². The van der Waals surface area contributed by atoms with Gasteiger partial charge in [-0.2, -0.15) is 5.26 Å². The number of aryl methyl sites for hydroxylation is 1. The Bertz CT molecular complexity index is 807. The van der Waals surface area contributed by atoms with E-state index in [0.29, 0.717) is 25.6 Å². The summed E-state index contributed by atoms with van der Waals surface area (Å²) in [6.07, 6.45) is 5.84. The number of benzene rings is 1. The molecule has 3 rings (SSSR count). The number of hydrogen-bond acceptors (Lipinski definition) is 4. The van der Waals surface area contributed by atoms with Crippen molar-refractivity contribution in [1.82, 2.24) is 0 Å². The summed E-state index contributed by atoms with van der Waals surface area (Å²) in [6, 6.07) is 5.54. The Balaban J connectivity index is 2.00. The Morgan fingerprint density at radius 2 is 2.14 bits per heavy atom. The van der Waals surface area contributed by atoms with Crippen LogP contribution in [0.5, 0.6) is 5.75 Å². The normalized spacial score (nSPS) is 14.0. The highest BCUT2D eigenvalue weighted by molar-refractivity contribution is 9.10. The molecule has 0 atom stereocenters. The first-order valence-electron chi connectivity index (χ1n) is 6.87. The van der Waals surface area contributed by atoms with Gasteiger partial charge < -0.3 is 5.11 Å². The zero-order valence-electron chi connectivity index (χ0n) is 11.6. The number of fused-ring (bicyclic) bond motifs is 1. The average Bonchev–Trinajstić information content (AvgIpc) is 2.86. The quantitative estimate of drug-likeness (QED) is 0.695. The minimum absolute atomic E-state index is 0.0907. The molecule has 1 aliphatic carbocycles. The lowest BCUT2D eigenvalue weighted by Crippen LogP contribution is -1.99. The largest absolute Gasteiger partial charge is 0.506 e. The minimum Gasteiger partial charge on any atom is -0.506 e. The third kappa shape index (κ3) is 2.91. The van der Waals surface area contributed by atoms with Gasteiger partial charge in [0.15, 0.2) is 0 Å². The Labute approximate surface area is 146 Å². The summed E-state index contributed by atoms with van der Waals surface area (Å²) in [5, 5.41) is 20.7. The van der Waals surface area contributed by atoms with Crippen LogP contribution in [0.15, 0.2) is 21.6 Å². The summed E-state index contributed by atoms with van der Waals surface area (Å²) < 4.78 is 0.521. The molecule has 1 aliphatic rings. The molecule has 1 aromatic carbocycles. The van der Waals surface area contributed by atoms with E-state index in [4.69, 9.17) is 11.6 Å². The van der Waals surface area contributed by atoms with E-state index >= 15 is 0 Å². The smallest absolute Gasteiger partial charge is 0.138 e. The standard InChI is InChI=1S/C16H12BrClN2OS/c17-13-6-10(18)5-9(15(13)21)8-20-16-12(7-19)11-3-1-2-4-14(11)22-16/h5-6,8,21H,1-4H2. The Kier molecular flexibility index (Phi) is 4.53. The van der Waals surface area contributed by atoms with Crippen LogP contribution in [0.25, 0.3) is 0 Å². The van der Waals surface area contributed by atoms with Crippen LogP contribution in [0, 0.1) is 11.3 Å². The number of nitriles is 1. The van der Waals surface area contributed by atoms with Crippen molar-refractivity contribution in [3.05, 3.63) is 43.2 Å². The molecule has 3 nitrogen and oxygen atoms in total. The number of rotatable bonds is 2. The van der Waals surface area contributed by atoms with Crippen LogP contribution in [-0.2, 0) is 12.8 Å². The highest BCUT2D eigenvalue weighted by Gasteiger charge is 2.20. The van der Waals surface area contributed by atoms with Gasteiger partial charge in [-0.1, -0.05) is 11.6 Å². The van der Waals surface area contributed by atoms with E-state index in [1.54, 1.807) is 29.7 Å². The fourth-order valence-corrected chi connectivity index (χ4v) is 4.59. The SMILES string of the molecule is N#Cc1c(N=Cc2cc(Cl)cc(Br)c2O)sc2c1CCCC2. The van der Waals surface area contributed by atoms with Gasteiger partial charge in [-0.3, -0.25) is 0 Å². The van der Waals surface area contributed by atoms with Gasteiger partial charge in [-0.15, -0.1) is 11.3 Å². The lowest BCUT2D eigenvalue weighted by Gasteiger charge is -2.09. The van der Waals surface area contributed by atoms with Gasteiger partial charge in [0.25, 0.3) is 0 Å². The van der Waals surface area contributed by atoms with Crippen LogP contribution < -0.4 is 0 Å². The number of thiophene rings is 1. The maximum absolute atomic E-state index is 10.0. The number of halogens is 2. The lowest BCUT2D eigenvalue weighted by molar-refractivity contribution is 0.471. The molecule has 112 valence electrons. The van der Waals surface area contributed by atoms with Gasteiger partial charge in [-0.25, -0.2) is 4.99 Å². The van der Waals surface area contributed by atoms with Crippen LogP contribution in [0.4, 0.5) is 5.00 Å². The van der Waals surface area contributed by atoms with Crippen molar-refractivity contribution in [2.75, 3.05) is 0 Å². The van der Waals surface area contributed by atoms with Gasteiger partial charge in [0.05, 0.1) is 10.0 Å². The Morgan fingerprint density at radius 1 is 1.36 bits per heavy atom. The summed E-state index contributed by atoms with van der Waals surface area (Å²) in [6.45, 7) is 0. The second kappa shape index (κ2) is 6.41. The number of aromatic hydroxyl groups is 1. The number of hydrogen-bond donors (Lipinski definition) is 1. The number of nitrogens with zero attached hydrogens (tertiary/aromatic N) is 2. The van der Waals surface area contributed by atoms with Crippen molar-refractivity contribution in [2.24, 2.45) is 4.99 Å². The molecule has 6 heteroatoms. The van der Waals surface area contributed by atoms with Gasteiger partial charge in [0.1, 0.15) is 16.8 Å². The van der Waals surface area contributed by atoms with Crippen molar-refractivity contribution >= 4 is 50.1 Å². The zero-order valence-corrected chi connectivity index (χ0v) is 14.7. The molecular weight excluding hydrogens is 384 g/mol. The molecule has 1 heterocycles.